The van der Waals surface area contributed by atoms with Gasteiger partial charge in [-0.25, -0.2) is 4.39 Å². The van der Waals surface area contributed by atoms with Crippen LogP contribution in [-0.2, 0) is 5.41 Å². The maximum atomic E-state index is 13.7. The van der Waals surface area contributed by atoms with Crippen molar-refractivity contribution in [2.45, 2.75) is 51.9 Å². The van der Waals surface area contributed by atoms with Gasteiger partial charge in [-0.15, -0.1) is 0 Å². The Hall–Kier alpha value is -1.11. The monoisotopic (exact) mass is 246 g/mol. The van der Waals surface area contributed by atoms with Gasteiger partial charge in [-0.05, 0) is 35.4 Å². The summed E-state index contributed by atoms with van der Waals surface area (Å²) in [6.45, 7) is 6.46. The van der Waals surface area contributed by atoms with Gasteiger partial charge < -0.3 is 0 Å². The van der Waals surface area contributed by atoms with Crippen molar-refractivity contribution in [2.24, 2.45) is 5.92 Å². The normalized spacial score (nSPS) is 17.1. The predicted molar refractivity (Wildman–Crippen MR) is 76.1 cm³/mol. The fourth-order valence-corrected chi connectivity index (χ4v) is 2.25. The maximum Gasteiger partial charge on any atom is 0.130 e. The van der Waals surface area contributed by atoms with Crippen LogP contribution in [0.2, 0.25) is 0 Å². The van der Waals surface area contributed by atoms with Gasteiger partial charge in [0.25, 0.3) is 0 Å². The zero-order chi connectivity index (χ0) is 13.2. The SMILES string of the molecule is CC(C)(C)c1ccc(F)c(/C=C\CC2CCC2)c1. The van der Waals surface area contributed by atoms with Crippen LogP contribution in [0.25, 0.3) is 6.08 Å². The first-order valence-electron chi connectivity index (χ1n) is 6.93. The van der Waals surface area contributed by atoms with Gasteiger partial charge in [0.2, 0.25) is 0 Å². The standard InChI is InChI=1S/C17H23F/c1-17(2,3)15-10-11-16(18)14(12-15)9-5-8-13-6-4-7-13/h5,9-13H,4,6-8H2,1-3H3/b9-5-. The van der Waals surface area contributed by atoms with E-state index in [4.69, 9.17) is 0 Å². The van der Waals surface area contributed by atoms with E-state index >= 15 is 0 Å². The summed E-state index contributed by atoms with van der Waals surface area (Å²) in [7, 11) is 0. The molecule has 0 aliphatic heterocycles. The molecule has 18 heavy (non-hydrogen) atoms. The van der Waals surface area contributed by atoms with Crippen molar-refractivity contribution >= 4 is 6.08 Å². The summed E-state index contributed by atoms with van der Waals surface area (Å²) < 4.78 is 13.7. The van der Waals surface area contributed by atoms with Gasteiger partial charge in [-0.1, -0.05) is 58.3 Å². The molecule has 1 aromatic rings. The Morgan fingerprint density at radius 2 is 2.00 bits per heavy atom. The lowest BCUT2D eigenvalue weighted by Gasteiger charge is -2.23. The number of hydrogen-bond acceptors (Lipinski definition) is 0. The van der Waals surface area contributed by atoms with Crippen molar-refractivity contribution in [3.05, 3.63) is 41.2 Å². The van der Waals surface area contributed by atoms with Crippen LogP contribution in [0.3, 0.4) is 0 Å². The molecule has 1 aliphatic carbocycles. The van der Waals surface area contributed by atoms with Crippen molar-refractivity contribution in [1.82, 2.24) is 0 Å². The Balaban J connectivity index is 2.10. The number of benzene rings is 1. The molecule has 2 rings (SSSR count). The first-order chi connectivity index (χ1) is 8.47. The van der Waals surface area contributed by atoms with Crippen LogP contribution in [0.5, 0.6) is 0 Å². The van der Waals surface area contributed by atoms with E-state index in [0.717, 1.165) is 17.9 Å². The largest absolute Gasteiger partial charge is 0.206 e. The highest BCUT2D eigenvalue weighted by Gasteiger charge is 2.16. The number of rotatable bonds is 3. The second-order valence-electron chi connectivity index (χ2n) is 6.42. The highest BCUT2D eigenvalue weighted by atomic mass is 19.1. The van der Waals surface area contributed by atoms with Crippen molar-refractivity contribution in [3.8, 4) is 0 Å². The van der Waals surface area contributed by atoms with E-state index in [2.05, 4.69) is 26.8 Å². The molecule has 1 heteroatoms. The van der Waals surface area contributed by atoms with E-state index in [1.54, 1.807) is 6.07 Å². The van der Waals surface area contributed by atoms with Crippen LogP contribution in [0.1, 0.15) is 57.6 Å². The van der Waals surface area contributed by atoms with Crippen molar-refractivity contribution in [3.63, 3.8) is 0 Å². The smallest absolute Gasteiger partial charge is 0.130 e. The molecule has 1 fully saturated rings. The van der Waals surface area contributed by atoms with Crippen molar-refractivity contribution < 1.29 is 4.39 Å². The summed E-state index contributed by atoms with van der Waals surface area (Å²) >= 11 is 0. The second kappa shape index (κ2) is 5.26. The molecule has 98 valence electrons. The van der Waals surface area contributed by atoms with Crippen LogP contribution < -0.4 is 0 Å². The first kappa shape index (κ1) is 13.3. The lowest BCUT2D eigenvalue weighted by Crippen LogP contribution is -2.11. The van der Waals surface area contributed by atoms with Crippen LogP contribution in [-0.4, -0.2) is 0 Å². The van der Waals surface area contributed by atoms with E-state index in [-0.39, 0.29) is 11.2 Å². The maximum absolute atomic E-state index is 13.7. The Bertz CT molecular complexity index is 433. The summed E-state index contributed by atoms with van der Waals surface area (Å²) in [4.78, 5) is 0. The Morgan fingerprint density at radius 1 is 1.28 bits per heavy atom. The molecular weight excluding hydrogens is 223 g/mol. The number of allylic oxidation sites excluding steroid dienone is 1. The molecule has 0 amide bonds. The molecule has 0 unspecified atom stereocenters. The van der Waals surface area contributed by atoms with Gasteiger partial charge in [-0.2, -0.15) is 0 Å². The fraction of sp³-hybridized carbons (Fsp3) is 0.529. The third-order valence-electron chi connectivity index (χ3n) is 3.85. The lowest BCUT2D eigenvalue weighted by molar-refractivity contribution is 0.320. The first-order valence-corrected chi connectivity index (χ1v) is 6.93. The van der Waals surface area contributed by atoms with Gasteiger partial charge in [0.05, 0.1) is 0 Å². The van der Waals surface area contributed by atoms with E-state index in [1.165, 1.54) is 24.8 Å². The molecular formula is C17H23F. The van der Waals surface area contributed by atoms with E-state index in [0.29, 0.717) is 0 Å². The molecule has 1 aromatic carbocycles. The molecule has 0 heterocycles. The van der Waals surface area contributed by atoms with Crippen LogP contribution >= 0.6 is 0 Å². The van der Waals surface area contributed by atoms with Gasteiger partial charge in [0, 0.05) is 5.56 Å². The molecule has 1 saturated carbocycles. The zero-order valence-electron chi connectivity index (χ0n) is 11.7. The zero-order valence-corrected chi connectivity index (χ0v) is 11.7. The van der Waals surface area contributed by atoms with Gasteiger partial charge in [0.1, 0.15) is 5.82 Å². The average Bonchev–Trinajstić information content (AvgIpc) is 2.22. The van der Waals surface area contributed by atoms with Crippen molar-refractivity contribution in [2.75, 3.05) is 0 Å². The minimum atomic E-state index is -0.118. The Morgan fingerprint density at radius 3 is 2.56 bits per heavy atom. The number of hydrogen-bond donors (Lipinski definition) is 0. The van der Waals surface area contributed by atoms with Gasteiger partial charge in [0.15, 0.2) is 0 Å². The third kappa shape index (κ3) is 3.22. The molecule has 0 spiro atoms. The van der Waals surface area contributed by atoms with Crippen molar-refractivity contribution in [1.29, 1.82) is 0 Å². The molecule has 0 aromatic heterocycles. The van der Waals surface area contributed by atoms with Crippen LogP contribution in [0.15, 0.2) is 24.3 Å². The van der Waals surface area contributed by atoms with Crippen LogP contribution in [0, 0.1) is 11.7 Å². The van der Waals surface area contributed by atoms with E-state index in [9.17, 15) is 4.39 Å². The lowest BCUT2D eigenvalue weighted by atomic mass is 9.83. The van der Waals surface area contributed by atoms with Crippen LogP contribution in [0.4, 0.5) is 4.39 Å². The Kier molecular flexibility index (Phi) is 3.89. The highest BCUT2D eigenvalue weighted by molar-refractivity contribution is 5.52. The van der Waals surface area contributed by atoms with Gasteiger partial charge >= 0.3 is 0 Å². The van der Waals surface area contributed by atoms with Gasteiger partial charge in [-0.3, -0.25) is 0 Å². The minimum Gasteiger partial charge on any atom is -0.206 e. The van der Waals surface area contributed by atoms with E-state index in [1.807, 2.05) is 18.2 Å². The second-order valence-corrected chi connectivity index (χ2v) is 6.42. The summed E-state index contributed by atoms with van der Waals surface area (Å²) in [5, 5.41) is 0. The highest BCUT2D eigenvalue weighted by Crippen LogP contribution is 2.30. The Labute approximate surface area is 110 Å². The molecule has 0 radical (unpaired) electrons. The molecule has 0 bridgehead atoms. The quantitative estimate of drug-likeness (QED) is 0.676. The minimum absolute atomic E-state index is 0.0737. The third-order valence-corrected chi connectivity index (χ3v) is 3.85. The molecule has 0 atom stereocenters. The molecule has 0 nitrogen and oxygen atoms in total. The number of halogens is 1. The molecule has 0 saturated heterocycles. The van der Waals surface area contributed by atoms with E-state index < -0.39 is 0 Å². The summed E-state index contributed by atoms with van der Waals surface area (Å²) in [5.41, 5.74) is 1.98. The fourth-order valence-electron chi connectivity index (χ4n) is 2.25. The summed E-state index contributed by atoms with van der Waals surface area (Å²) in [5.74, 6) is 0.725. The topological polar surface area (TPSA) is 0 Å². The molecule has 0 N–H and O–H groups in total. The summed E-state index contributed by atoms with van der Waals surface area (Å²) in [6, 6.07) is 5.45. The predicted octanol–water partition coefficient (Wildman–Crippen LogP) is 5.33. The summed E-state index contributed by atoms with van der Waals surface area (Å²) in [6.07, 6.45) is 9.23. The average molecular weight is 246 g/mol. The molecule has 1 aliphatic rings.